The number of hydrogen-bond acceptors (Lipinski definition) is 3. The zero-order valence-electron chi connectivity index (χ0n) is 12.1. The van der Waals surface area contributed by atoms with Gasteiger partial charge in [-0.2, -0.15) is 5.10 Å². The van der Waals surface area contributed by atoms with E-state index in [4.69, 9.17) is 5.73 Å². The molecule has 0 aliphatic carbocycles. The summed E-state index contributed by atoms with van der Waals surface area (Å²) in [5.74, 6) is -0.0493. The van der Waals surface area contributed by atoms with Gasteiger partial charge in [0.1, 0.15) is 0 Å². The topological polar surface area (TPSA) is 75.0 Å². The number of H-pyrrole nitrogens is 1. The van der Waals surface area contributed by atoms with Gasteiger partial charge in [-0.1, -0.05) is 12.1 Å². The lowest BCUT2D eigenvalue weighted by atomic mass is 10.1. The molecule has 5 nitrogen and oxygen atoms in total. The van der Waals surface area contributed by atoms with Crippen LogP contribution >= 0.6 is 0 Å². The molecule has 0 aliphatic heterocycles. The Labute approximate surface area is 118 Å². The number of nitrogens with one attached hydrogen (secondary N) is 1. The van der Waals surface area contributed by atoms with Crippen molar-refractivity contribution in [3.63, 3.8) is 0 Å². The Bertz CT molecular complexity index is 586. The first kappa shape index (κ1) is 14.3. The number of hydrogen-bond donors (Lipinski definition) is 2. The molecule has 0 aliphatic rings. The fraction of sp³-hybridized carbons (Fsp3) is 0.333. The summed E-state index contributed by atoms with van der Waals surface area (Å²) in [6.45, 7) is 6.32. The zero-order chi connectivity index (χ0) is 14.7. The van der Waals surface area contributed by atoms with Gasteiger partial charge in [-0.25, -0.2) is 0 Å². The number of carbonyl (C=O) groups is 1. The van der Waals surface area contributed by atoms with Gasteiger partial charge >= 0.3 is 0 Å². The third kappa shape index (κ3) is 2.72. The van der Waals surface area contributed by atoms with Crippen LogP contribution in [0.4, 0.5) is 5.69 Å². The van der Waals surface area contributed by atoms with Crippen LogP contribution in [0, 0.1) is 6.92 Å². The summed E-state index contributed by atoms with van der Waals surface area (Å²) in [4.78, 5) is 14.4. The number of nitrogens with two attached hydrogens (primary N) is 1. The molecular weight excluding hydrogens is 252 g/mol. The fourth-order valence-corrected chi connectivity index (χ4v) is 2.14. The summed E-state index contributed by atoms with van der Waals surface area (Å²) < 4.78 is 0. The van der Waals surface area contributed by atoms with Crippen LogP contribution in [0.1, 0.15) is 35.5 Å². The quantitative estimate of drug-likeness (QED) is 0.896. The number of aromatic amines is 1. The van der Waals surface area contributed by atoms with Gasteiger partial charge in [-0.3, -0.25) is 9.89 Å². The Kier molecular flexibility index (Phi) is 4.20. The van der Waals surface area contributed by atoms with Crippen LogP contribution in [0.5, 0.6) is 0 Å². The number of rotatable bonds is 4. The molecule has 0 unspecified atom stereocenters. The maximum Gasteiger partial charge on any atom is 0.261 e. The minimum Gasteiger partial charge on any atom is -0.326 e. The molecule has 0 bridgehead atoms. The van der Waals surface area contributed by atoms with Crippen LogP contribution in [-0.4, -0.2) is 22.1 Å². The Hall–Kier alpha value is -2.14. The van der Waals surface area contributed by atoms with Gasteiger partial charge in [0, 0.05) is 24.0 Å². The van der Waals surface area contributed by atoms with Crippen molar-refractivity contribution in [3.05, 3.63) is 47.3 Å². The standard InChI is InChI=1S/C15H20N4O/c1-10(2)19(13-6-4-12(8-16)5-7-13)15(20)14-9-17-18-11(14)3/h4-7,9-10H,8,16H2,1-3H3,(H,17,18). The van der Waals surface area contributed by atoms with Crippen molar-refractivity contribution in [3.8, 4) is 0 Å². The monoisotopic (exact) mass is 272 g/mol. The average Bonchev–Trinajstić information content (AvgIpc) is 2.85. The van der Waals surface area contributed by atoms with Gasteiger partial charge in [0.25, 0.3) is 5.91 Å². The van der Waals surface area contributed by atoms with Crippen molar-refractivity contribution in [1.82, 2.24) is 10.2 Å². The first-order valence-corrected chi connectivity index (χ1v) is 6.67. The van der Waals surface area contributed by atoms with Gasteiger partial charge < -0.3 is 10.6 Å². The van der Waals surface area contributed by atoms with Crippen molar-refractivity contribution >= 4 is 11.6 Å². The normalized spacial score (nSPS) is 10.8. The number of benzene rings is 1. The van der Waals surface area contributed by atoms with E-state index in [0.29, 0.717) is 12.1 Å². The van der Waals surface area contributed by atoms with Gasteiger partial charge in [-0.15, -0.1) is 0 Å². The first-order valence-electron chi connectivity index (χ1n) is 6.67. The van der Waals surface area contributed by atoms with Crippen LogP contribution in [0.2, 0.25) is 0 Å². The Balaban J connectivity index is 2.36. The van der Waals surface area contributed by atoms with Crippen LogP contribution in [0.3, 0.4) is 0 Å². The lowest BCUT2D eigenvalue weighted by molar-refractivity contribution is 0.0980. The molecule has 1 heterocycles. The molecule has 0 atom stereocenters. The summed E-state index contributed by atoms with van der Waals surface area (Å²) in [6, 6.07) is 7.80. The highest BCUT2D eigenvalue weighted by Crippen LogP contribution is 2.21. The van der Waals surface area contributed by atoms with Gasteiger partial charge in [-0.05, 0) is 38.5 Å². The van der Waals surface area contributed by atoms with Gasteiger partial charge in [0.15, 0.2) is 0 Å². The summed E-state index contributed by atoms with van der Waals surface area (Å²) in [5.41, 5.74) is 8.88. The summed E-state index contributed by atoms with van der Waals surface area (Å²) in [6.07, 6.45) is 1.57. The largest absolute Gasteiger partial charge is 0.326 e. The molecule has 20 heavy (non-hydrogen) atoms. The Morgan fingerprint density at radius 3 is 2.45 bits per heavy atom. The Morgan fingerprint density at radius 1 is 1.35 bits per heavy atom. The second kappa shape index (κ2) is 5.88. The lowest BCUT2D eigenvalue weighted by Crippen LogP contribution is -2.37. The SMILES string of the molecule is Cc1[nH]ncc1C(=O)N(c1ccc(CN)cc1)C(C)C. The van der Waals surface area contributed by atoms with Crippen LogP contribution in [-0.2, 0) is 6.54 Å². The number of aryl methyl sites for hydroxylation is 1. The molecule has 5 heteroatoms. The molecule has 0 fully saturated rings. The third-order valence-corrected chi connectivity index (χ3v) is 3.25. The number of carbonyl (C=O) groups excluding carboxylic acids is 1. The Morgan fingerprint density at radius 2 is 2.00 bits per heavy atom. The van der Waals surface area contributed by atoms with Crippen LogP contribution in [0.25, 0.3) is 0 Å². The van der Waals surface area contributed by atoms with Crippen molar-refractivity contribution < 1.29 is 4.79 Å². The molecule has 0 saturated heterocycles. The predicted molar refractivity (Wildman–Crippen MR) is 79.6 cm³/mol. The number of amides is 1. The molecule has 0 radical (unpaired) electrons. The molecule has 1 aromatic heterocycles. The number of nitrogens with zero attached hydrogens (tertiary/aromatic N) is 2. The average molecular weight is 272 g/mol. The predicted octanol–water partition coefficient (Wildman–Crippen LogP) is 2.23. The molecule has 1 amide bonds. The number of anilines is 1. The van der Waals surface area contributed by atoms with Crippen molar-refractivity contribution in [2.45, 2.75) is 33.4 Å². The molecule has 0 saturated carbocycles. The first-order chi connectivity index (χ1) is 9.54. The van der Waals surface area contributed by atoms with E-state index in [9.17, 15) is 4.79 Å². The van der Waals surface area contributed by atoms with E-state index in [2.05, 4.69) is 10.2 Å². The van der Waals surface area contributed by atoms with Gasteiger partial charge in [0.05, 0.1) is 11.8 Å². The third-order valence-electron chi connectivity index (χ3n) is 3.25. The highest BCUT2D eigenvalue weighted by Gasteiger charge is 2.22. The van der Waals surface area contributed by atoms with Crippen molar-refractivity contribution in [1.29, 1.82) is 0 Å². The van der Waals surface area contributed by atoms with E-state index >= 15 is 0 Å². The van der Waals surface area contributed by atoms with E-state index in [1.165, 1.54) is 0 Å². The van der Waals surface area contributed by atoms with Gasteiger partial charge in [0.2, 0.25) is 0 Å². The highest BCUT2D eigenvalue weighted by molar-refractivity contribution is 6.07. The van der Waals surface area contributed by atoms with Crippen molar-refractivity contribution in [2.24, 2.45) is 5.73 Å². The van der Waals surface area contributed by atoms with E-state index < -0.39 is 0 Å². The van der Waals surface area contributed by atoms with Crippen molar-refractivity contribution in [2.75, 3.05) is 4.90 Å². The maximum absolute atomic E-state index is 12.7. The van der Waals surface area contributed by atoms with E-state index in [0.717, 1.165) is 16.9 Å². The van der Waals surface area contributed by atoms with E-state index in [1.807, 2.05) is 45.0 Å². The van der Waals surface area contributed by atoms with Crippen LogP contribution in [0.15, 0.2) is 30.5 Å². The maximum atomic E-state index is 12.7. The molecule has 1 aromatic carbocycles. The van der Waals surface area contributed by atoms with Crippen LogP contribution < -0.4 is 10.6 Å². The number of aromatic nitrogens is 2. The molecule has 0 spiro atoms. The lowest BCUT2D eigenvalue weighted by Gasteiger charge is -2.27. The molecule has 2 rings (SSSR count). The zero-order valence-corrected chi connectivity index (χ0v) is 12.1. The summed E-state index contributed by atoms with van der Waals surface area (Å²) in [5, 5.41) is 6.72. The fourth-order valence-electron chi connectivity index (χ4n) is 2.14. The highest BCUT2D eigenvalue weighted by atomic mass is 16.2. The molecule has 106 valence electrons. The minimum atomic E-state index is -0.0493. The van der Waals surface area contributed by atoms with E-state index in [-0.39, 0.29) is 11.9 Å². The second-order valence-corrected chi connectivity index (χ2v) is 5.05. The summed E-state index contributed by atoms with van der Waals surface area (Å²) >= 11 is 0. The summed E-state index contributed by atoms with van der Waals surface area (Å²) in [7, 11) is 0. The molecular formula is C15H20N4O. The molecule has 3 N–H and O–H groups in total. The smallest absolute Gasteiger partial charge is 0.261 e. The second-order valence-electron chi connectivity index (χ2n) is 5.05. The minimum absolute atomic E-state index is 0.0493. The van der Waals surface area contributed by atoms with E-state index in [1.54, 1.807) is 11.1 Å². The molecule has 2 aromatic rings.